The van der Waals surface area contributed by atoms with Gasteiger partial charge in [-0.2, -0.15) is 5.10 Å². The first-order valence-corrected chi connectivity index (χ1v) is 9.29. The van der Waals surface area contributed by atoms with Gasteiger partial charge in [-0.05, 0) is 56.3 Å². The van der Waals surface area contributed by atoms with Crippen molar-refractivity contribution in [3.8, 4) is 5.69 Å². The third-order valence-electron chi connectivity index (χ3n) is 4.29. The molecule has 0 saturated carbocycles. The van der Waals surface area contributed by atoms with E-state index in [4.69, 9.17) is 11.6 Å². The maximum absolute atomic E-state index is 11.9. The van der Waals surface area contributed by atoms with E-state index in [-0.39, 0.29) is 6.54 Å². The minimum atomic E-state index is -0.844. The second-order valence-corrected chi connectivity index (χ2v) is 6.78. The molecule has 2 aromatic heterocycles. The Morgan fingerprint density at radius 1 is 1.14 bits per heavy atom. The average Bonchev–Trinajstić information content (AvgIpc) is 3.01. The van der Waals surface area contributed by atoms with Crippen LogP contribution in [0.1, 0.15) is 22.6 Å². The molecule has 148 valence electrons. The third kappa shape index (κ3) is 5.08. The first kappa shape index (κ1) is 20.3. The summed E-state index contributed by atoms with van der Waals surface area (Å²) in [5, 5.41) is 7.07. The van der Waals surface area contributed by atoms with Crippen molar-refractivity contribution in [2.45, 2.75) is 20.4 Å². The Morgan fingerprint density at radius 2 is 1.90 bits per heavy atom. The van der Waals surface area contributed by atoms with Gasteiger partial charge in [0.1, 0.15) is 0 Å². The smallest absolute Gasteiger partial charge is 0.329 e. The number of hydrazone groups is 1. The number of carbonyl (C=O) groups is 2. The van der Waals surface area contributed by atoms with E-state index in [0.29, 0.717) is 10.7 Å². The van der Waals surface area contributed by atoms with E-state index in [1.807, 2.05) is 44.2 Å². The predicted octanol–water partition coefficient (Wildman–Crippen LogP) is 2.91. The van der Waals surface area contributed by atoms with Crippen molar-refractivity contribution in [3.63, 3.8) is 0 Å². The highest BCUT2D eigenvalue weighted by molar-refractivity contribution is 6.35. The average molecular weight is 410 g/mol. The van der Waals surface area contributed by atoms with Crippen molar-refractivity contribution >= 4 is 29.6 Å². The summed E-state index contributed by atoms with van der Waals surface area (Å²) >= 11 is 5.96. The molecular formula is C21H20ClN5O2. The molecular weight excluding hydrogens is 390 g/mol. The van der Waals surface area contributed by atoms with Gasteiger partial charge in [0.15, 0.2) is 0 Å². The van der Waals surface area contributed by atoms with Crippen LogP contribution in [0, 0.1) is 13.8 Å². The van der Waals surface area contributed by atoms with E-state index in [1.165, 1.54) is 6.21 Å². The molecule has 0 aliphatic heterocycles. The maximum Gasteiger partial charge on any atom is 0.329 e. The Labute approximate surface area is 173 Å². The largest absolute Gasteiger partial charge is 0.342 e. The van der Waals surface area contributed by atoms with Crippen LogP contribution >= 0.6 is 11.6 Å². The predicted molar refractivity (Wildman–Crippen MR) is 112 cm³/mol. The van der Waals surface area contributed by atoms with Crippen LogP contribution < -0.4 is 10.7 Å². The summed E-state index contributed by atoms with van der Waals surface area (Å²) < 4.78 is 2.05. The maximum atomic E-state index is 11.9. The molecule has 0 aliphatic carbocycles. The molecule has 2 amide bonds. The van der Waals surface area contributed by atoms with Gasteiger partial charge in [-0.1, -0.05) is 17.7 Å². The molecule has 0 bridgehead atoms. The van der Waals surface area contributed by atoms with Gasteiger partial charge < -0.3 is 9.88 Å². The van der Waals surface area contributed by atoms with Gasteiger partial charge in [0.05, 0.1) is 18.5 Å². The molecule has 0 aliphatic rings. The highest BCUT2D eigenvalue weighted by Crippen LogP contribution is 2.21. The number of carbonyl (C=O) groups excluding carboxylic acids is 2. The number of aryl methyl sites for hydroxylation is 1. The van der Waals surface area contributed by atoms with E-state index >= 15 is 0 Å². The SMILES string of the molecule is Cc1cc(/C=N\NC(=O)C(=O)NCc2ccccn2)c(C)n1-c1ccc(Cl)cc1. The van der Waals surface area contributed by atoms with E-state index in [9.17, 15) is 9.59 Å². The van der Waals surface area contributed by atoms with E-state index in [1.54, 1.807) is 24.4 Å². The van der Waals surface area contributed by atoms with Crippen LogP contribution in [-0.2, 0) is 16.1 Å². The highest BCUT2D eigenvalue weighted by atomic mass is 35.5. The topological polar surface area (TPSA) is 88.4 Å². The molecule has 7 nitrogen and oxygen atoms in total. The second kappa shape index (κ2) is 9.16. The number of benzene rings is 1. The lowest BCUT2D eigenvalue weighted by Gasteiger charge is -2.09. The van der Waals surface area contributed by atoms with Crippen LogP contribution in [0.3, 0.4) is 0 Å². The summed E-state index contributed by atoms with van der Waals surface area (Å²) in [6.45, 7) is 4.09. The van der Waals surface area contributed by atoms with Crippen molar-refractivity contribution in [1.29, 1.82) is 0 Å². The summed E-state index contributed by atoms with van der Waals surface area (Å²) in [6, 6.07) is 14.8. The zero-order valence-corrected chi connectivity index (χ0v) is 16.8. The van der Waals surface area contributed by atoms with Gasteiger partial charge in [-0.3, -0.25) is 14.6 Å². The van der Waals surface area contributed by atoms with Crippen molar-refractivity contribution < 1.29 is 9.59 Å². The fourth-order valence-electron chi connectivity index (χ4n) is 2.87. The molecule has 0 unspecified atom stereocenters. The number of hydrogen-bond acceptors (Lipinski definition) is 4. The van der Waals surface area contributed by atoms with Crippen LogP contribution in [0.15, 0.2) is 59.8 Å². The van der Waals surface area contributed by atoms with Crippen LogP contribution in [-0.4, -0.2) is 27.6 Å². The molecule has 3 aromatic rings. The zero-order valence-electron chi connectivity index (χ0n) is 16.0. The zero-order chi connectivity index (χ0) is 20.8. The minimum Gasteiger partial charge on any atom is -0.342 e. The Bertz CT molecular complexity index is 1040. The van der Waals surface area contributed by atoms with Gasteiger partial charge in [0.2, 0.25) is 0 Å². The number of amides is 2. The summed E-state index contributed by atoms with van der Waals surface area (Å²) in [5.41, 5.74) is 6.65. The lowest BCUT2D eigenvalue weighted by Crippen LogP contribution is -2.37. The number of nitrogens with zero attached hydrogens (tertiary/aromatic N) is 3. The molecule has 0 atom stereocenters. The lowest BCUT2D eigenvalue weighted by molar-refractivity contribution is -0.139. The Hall–Kier alpha value is -3.45. The van der Waals surface area contributed by atoms with Crippen molar-refractivity contribution in [3.05, 3.63) is 82.4 Å². The Kier molecular flexibility index (Phi) is 6.41. The van der Waals surface area contributed by atoms with Crippen molar-refractivity contribution in [2.75, 3.05) is 0 Å². The number of rotatable bonds is 5. The minimum absolute atomic E-state index is 0.166. The fourth-order valence-corrected chi connectivity index (χ4v) is 3.00. The molecule has 0 spiro atoms. The van der Waals surface area contributed by atoms with Gasteiger partial charge in [0.25, 0.3) is 0 Å². The van der Waals surface area contributed by atoms with Crippen LogP contribution in [0.4, 0.5) is 0 Å². The van der Waals surface area contributed by atoms with E-state index in [2.05, 4.69) is 25.4 Å². The monoisotopic (exact) mass is 409 g/mol. The number of aromatic nitrogens is 2. The lowest BCUT2D eigenvalue weighted by atomic mass is 10.2. The van der Waals surface area contributed by atoms with Gasteiger partial charge >= 0.3 is 11.8 Å². The van der Waals surface area contributed by atoms with Crippen LogP contribution in [0.5, 0.6) is 0 Å². The fraction of sp³-hybridized carbons (Fsp3) is 0.143. The second-order valence-electron chi connectivity index (χ2n) is 6.34. The highest BCUT2D eigenvalue weighted by Gasteiger charge is 2.13. The standard InChI is InChI=1S/C21H20ClN5O2/c1-14-11-16(15(2)27(14)19-8-6-17(22)7-9-19)12-25-26-21(29)20(28)24-13-18-5-3-4-10-23-18/h3-12H,13H2,1-2H3,(H,24,28)(H,26,29)/b25-12-. The number of halogens is 1. The van der Waals surface area contributed by atoms with Gasteiger partial charge in [0, 0.05) is 33.9 Å². The van der Waals surface area contributed by atoms with Crippen molar-refractivity contribution in [2.24, 2.45) is 5.10 Å². The van der Waals surface area contributed by atoms with Gasteiger partial charge in [-0.15, -0.1) is 0 Å². The first-order chi connectivity index (χ1) is 14.0. The Balaban J connectivity index is 1.61. The molecule has 29 heavy (non-hydrogen) atoms. The van der Waals surface area contributed by atoms with E-state index in [0.717, 1.165) is 22.6 Å². The molecule has 8 heteroatoms. The number of hydrogen-bond donors (Lipinski definition) is 2. The molecule has 2 heterocycles. The molecule has 3 rings (SSSR count). The van der Waals surface area contributed by atoms with Crippen molar-refractivity contribution in [1.82, 2.24) is 20.3 Å². The molecule has 2 N–H and O–H groups in total. The summed E-state index contributed by atoms with van der Waals surface area (Å²) in [4.78, 5) is 27.8. The third-order valence-corrected chi connectivity index (χ3v) is 4.54. The quantitative estimate of drug-likeness (QED) is 0.386. The Morgan fingerprint density at radius 3 is 2.59 bits per heavy atom. The summed E-state index contributed by atoms with van der Waals surface area (Å²) in [5.74, 6) is -1.62. The normalized spacial score (nSPS) is 10.9. The molecule has 1 aromatic carbocycles. The van der Waals surface area contributed by atoms with E-state index < -0.39 is 11.8 Å². The van der Waals surface area contributed by atoms with Gasteiger partial charge in [-0.25, -0.2) is 5.43 Å². The molecule has 0 saturated heterocycles. The number of pyridine rings is 1. The molecule has 0 fully saturated rings. The number of nitrogens with one attached hydrogen (secondary N) is 2. The van der Waals surface area contributed by atoms with Crippen LogP contribution in [0.25, 0.3) is 5.69 Å². The summed E-state index contributed by atoms with van der Waals surface area (Å²) in [6.07, 6.45) is 3.13. The summed E-state index contributed by atoms with van der Waals surface area (Å²) in [7, 11) is 0. The molecule has 0 radical (unpaired) electrons. The first-order valence-electron chi connectivity index (χ1n) is 8.91. The van der Waals surface area contributed by atoms with Crippen LogP contribution in [0.2, 0.25) is 5.02 Å².